The van der Waals surface area contributed by atoms with E-state index >= 15 is 0 Å². The second-order valence-electron chi connectivity index (χ2n) is 6.96. The lowest BCUT2D eigenvalue weighted by Crippen LogP contribution is -2.33. The van der Waals surface area contributed by atoms with Gasteiger partial charge in [0, 0.05) is 24.8 Å². The summed E-state index contributed by atoms with van der Waals surface area (Å²) in [7, 11) is -3.73. The molecular weight excluding hydrogens is 390 g/mol. The number of benzene rings is 2. The number of aromatic nitrogens is 3. The lowest BCUT2D eigenvalue weighted by Gasteiger charge is -2.28. The summed E-state index contributed by atoms with van der Waals surface area (Å²) in [5.74, 6) is -0.0364. The maximum Gasteiger partial charge on any atom is 0.261 e. The highest BCUT2D eigenvalue weighted by atomic mass is 32.2. The molecule has 2 aromatic carbocycles. The van der Waals surface area contributed by atoms with E-state index in [1.807, 2.05) is 12.1 Å². The zero-order valence-corrected chi connectivity index (χ0v) is 16.8. The van der Waals surface area contributed by atoms with Gasteiger partial charge in [-0.3, -0.25) is 9.52 Å². The number of anilines is 2. The Bertz CT molecular complexity index is 1130. The highest BCUT2D eigenvalue weighted by Gasteiger charge is 2.23. The fourth-order valence-corrected chi connectivity index (χ4v) is 4.57. The number of fused-ring (bicyclic) bond motifs is 1. The van der Waals surface area contributed by atoms with Crippen molar-refractivity contribution in [3.8, 4) is 0 Å². The molecule has 1 aliphatic rings. The Morgan fingerprint density at radius 2 is 1.97 bits per heavy atom. The van der Waals surface area contributed by atoms with E-state index in [0.717, 1.165) is 29.7 Å². The first-order chi connectivity index (χ1) is 13.9. The third-order valence-electron chi connectivity index (χ3n) is 4.88. The van der Waals surface area contributed by atoms with E-state index in [4.69, 9.17) is 0 Å². The van der Waals surface area contributed by atoms with Crippen LogP contribution < -0.4 is 9.62 Å². The molecule has 1 amide bonds. The molecule has 0 unspecified atom stereocenters. The summed E-state index contributed by atoms with van der Waals surface area (Å²) in [4.78, 5) is 17.6. The van der Waals surface area contributed by atoms with Gasteiger partial charge in [-0.1, -0.05) is 12.1 Å². The standard InChI is InChI=1S/C20H21N5O3S/c1-15(26)25-10-2-3-17-11-19(8-9-20(17)25)29(27,28)23-18-6-4-16(5-7-18)12-24-14-21-13-22-24/h4-9,11,13-14,23H,2-3,10,12H2,1H3. The van der Waals surface area contributed by atoms with Crippen LogP contribution in [-0.4, -0.2) is 35.6 Å². The summed E-state index contributed by atoms with van der Waals surface area (Å²) in [6.45, 7) is 2.74. The number of rotatable bonds is 5. The van der Waals surface area contributed by atoms with Gasteiger partial charge in [-0.15, -0.1) is 0 Å². The smallest absolute Gasteiger partial charge is 0.261 e. The topological polar surface area (TPSA) is 97.2 Å². The van der Waals surface area contributed by atoms with E-state index in [2.05, 4.69) is 14.8 Å². The Morgan fingerprint density at radius 1 is 1.17 bits per heavy atom. The van der Waals surface area contributed by atoms with Crippen molar-refractivity contribution in [2.75, 3.05) is 16.2 Å². The predicted molar refractivity (Wildman–Crippen MR) is 109 cm³/mol. The van der Waals surface area contributed by atoms with Gasteiger partial charge in [0.15, 0.2) is 0 Å². The molecule has 1 N–H and O–H groups in total. The second-order valence-corrected chi connectivity index (χ2v) is 8.64. The molecule has 0 radical (unpaired) electrons. The van der Waals surface area contributed by atoms with Crippen molar-refractivity contribution in [2.45, 2.75) is 31.2 Å². The zero-order chi connectivity index (χ0) is 20.4. The fourth-order valence-electron chi connectivity index (χ4n) is 3.46. The van der Waals surface area contributed by atoms with Crippen LogP contribution in [0, 0.1) is 0 Å². The van der Waals surface area contributed by atoms with Crippen molar-refractivity contribution in [3.63, 3.8) is 0 Å². The van der Waals surface area contributed by atoms with Crippen LogP contribution >= 0.6 is 0 Å². The number of carbonyl (C=O) groups is 1. The molecule has 29 heavy (non-hydrogen) atoms. The molecule has 0 bridgehead atoms. The molecule has 0 aliphatic carbocycles. The zero-order valence-electron chi connectivity index (χ0n) is 15.9. The molecule has 2 heterocycles. The molecule has 1 aromatic heterocycles. The molecule has 9 heteroatoms. The van der Waals surface area contributed by atoms with Crippen LogP contribution in [0.15, 0.2) is 60.0 Å². The molecule has 0 atom stereocenters. The Kier molecular flexibility index (Phi) is 5.06. The lowest BCUT2D eigenvalue weighted by atomic mass is 10.0. The molecule has 0 saturated carbocycles. The minimum atomic E-state index is -3.73. The van der Waals surface area contributed by atoms with Crippen LogP contribution in [0.5, 0.6) is 0 Å². The van der Waals surface area contributed by atoms with Crippen LogP contribution in [0.4, 0.5) is 11.4 Å². The summed E-state index contributed by atoms with van der Waals surface area (Å²) in [6.07, 6.45) is 4.66. The van der Waals surface area contributed by atoms with Crippen molar-refractivity contribution < 1.29 is 13.2 Å². The van der Waals surface area contributed by atoms with Crippen molar-refractivity contribution >= 4 is 27.3 Å². The monoisotopic (exact) mass is 411 g/mol. The van der Waals surface area contributed by atoms with Gasteiger partial charge >= 0.3 is 0 Å². The Balaban J connectivity index is 1.52. The number of amides is 1. The van der Waals surface area contributed by atoms with E-state index in [1.54, 1.807) is 46.2 Å². The van der Waals surface area contributed by atoms with Crippen LogP contribution in [0.3, 0.4) is 0 Å². The summed E-state index contributed by atoms with van der Waals surface area (Å²) < 4.78 is 30.0. The Morgan fingerprint density at radius 3 is 2.66 bits per heavy atom. The number of carbonyl (C=O) groups excluding carboxylic acids is 1. The van der Waals surface area contributed by atoms with Gasteiger partial charge in [0.25, 0.3) is 10.0 Å². The molecular formula is C20H21N5O3S. The van der Waals surface area contributed by atoms with Crippen molar-refractivity contribution in [1.82, 2.24) is 14.8 Å². The summed E-state index contributed by atoms with van der Waals surface area (Å²) in [6, 6.07) is 12.0. The first-order valence-corrected chi connectivity index (χ1v) is 10.8. The molecule has 1 aliphatic heterocycles. The predicted octanol–water partition coefficient (Wildman–Crippen LogP) is 2.43. The SMILES string of the molecule is CC(=O)N1CCCc2cc(S(=O)(=O)Nc3ccc(Cn4cncn4)cc3)ccc21. The van der Waals surface area contributed by atoms with Gasteiger partial charge in [0.1, 0.15) is 12.7 Å². The average Bonchev–Trinajstić information content (AvgIpc) is 3.21. The maximum absolute atomic E-state index is 12.8. The molecule has 150 valence electrons. The summed E-state index contributed by atoms with van der Waals surface area (Å²) >= 11 is 0. The van der Waals surface area contributed by atoms with Crippen LogP contribution in [0.1, 0.15) is 24.5 Å². The van der Waals surface area contributed by atoms with Gasteiger partial charge in [-0.05, 0) is 54.3 Å². The molecule has 0 saturated heterocycles. The number of hydrogen-bond donors (Lipinski definition) is 1. The number of nitrogens with zero attached hydrogens (tertiary/aromatic N) is 4. The van der Waals surface area contributed by atoms with E-state index in [1.165, 1.54) is 13.3 Å². The quantitative estimate of drug-likeness (QED) is 0.695. The summed E-state index contributed by atoms with van der Waals surface area (Å²) in [5, 5.41) is 4.05. The van der Waals surface area contributed by atoms with Crippen molar-refractivity contribution in [1.29, 1.82) is 0 Å². The van der Waals surface area contributed by atoms with E-state index < -0.39 is 10.0 Å². The maximum atomic E-state index is 12.8. The highest BCUT2D eigenvalue weighted by Crippen LogP contribution is 2.30. The third kappa shape index (κ3) is 4.14. The van der Waals surface area contributed by atoms with Crippen molar-refractivity contribution in [2.24, 2.45) is 0 Å². The van der Waals surface area contributed by atoms with Gasteiger partial charge in [-0.2, -0.15) is 5.10 Å². The Labute approximate surface area is 169 Å². The fraction of sp³-hybridized carbons (Fsp3) is 0.250. The Hall–Kier alpha value is -3.20. The van der Waals surface area contributed by atoms with Crippen LogP contribution in [-0.2, 0) is 27.8 Å². The van der Waals surface area contributed by atoms with Gasteiger partial charge in [-0.25, -0.2) is 18.1 Å². The van der Waals surface area contributed by atoms with Gasteiger partial charge in [0.2, 0.25) is 5.91 Å². The molecule has 0 fully saturated rings. The van der Waals surface area contributed by atoms with Gasteiger partial charge < -0.3 is 4.90 Å². The first kappa shape index (κ1) is 19.1. The summed E-state index contributed by atoms with van der Waals surface area (Å²) in [5.41, 5.74) is 3.13. The average molecular weight is 411 g/mol. The number of aryl methyl sites for hydroxylation is 1. The number of nitrogens with one attached hydrogen (secondary N) is 1. The number of sulfonamides is 1. The highest BCUT2D eigenvalue weighted by molar-refractivity contribution is 7.92. The third-order valence-corrected chi connectivity index (χ3v) is 6.26. The normalized spacial score (nSPS) is 13.8. The minimum absolute atomic E-state index is 0.0364. The van der Waals surface area contributed by atoms with E-state index in [9.17, 15) is 13.2 Å². The van der Waals surface area contributed by atoms with Crippen molar-refractivity contribution in [3.05, 3.63) is 66.2 Å². The van der Waals surface area contributed by atoms with Gasteiger partial charge in [0.05, 0.1) is 11.4 Å². The largest absolute Gasteiger partial charge is 0.312 e. The van der Waals surface area contributed by atoms with Crippen LogP contribution in [0.25, 0.3) is 0 Å². The van der Waals surface area contributed by atoms with E-state index in [0.29, 0.717) is 18.8 Å². The molecule has 4 rings (SSSR count). The van der Waals surface area contributed by atoms with Crippen LogP contribution in [0.2, 0.25) is 0 Å². The second kappa shape index (κ2) is 7.67. The van der Waals surface area contributed by atoms with E-state index in [-0.39, 0.29) is 10.8 Å². The minimum Gasteiger partial charge on any atom is -0.312 e. The molecule has 0 spiro atoms. The lowest BCUT2D eigenvalue weighted by molar-refractivity contribution is -0.116. The first-order valence-electron chi connectivity index (χ1n) is 9.27. The number of hydrogen-bond acceptors (Lipinski definition) is 5. The molecule has 3 aromatic rings. The molecule has 8 nitrogen and oxygen atoms in total.